The van der Waals surface area contributed by atoms with Gasteiger partial charge in [-0.2, -0.15) is 5.26 Å². The molecule has 0 saturated carbocycles. The standard InChI is InChI=1S/C14H13NO4/c15-7-10-8-3-1-6-19-13(8)11(14(16)17)9-4-2-5-18-12(9)10/h1-6H2,(H,16,17). The highest BCUT2D eigenvalue weighted by molar-refractivity contribution is 5.95. The molecule has 0 aromatic heterocycles. The van der Waals surface area contributed by atoms with E-state index in [-0.39, 0.29) is 5.56 Å². The SMILES string of the molecule is N#Cc1c2c(c(C(=O)O)c3c1OCCC3)OCCC2. The molecule has 2 aliphatic rings. The Morgan fingerprint density at radius 1 is 1.11 bits per heavy atom. The Morgan fingerprint density at radius 2 is 1.74 bits per heavy atom. The Hall–Kier alpha value is -2.22. The van der Waals surface area contributed by atoms with Crippen molar-refractivity contribution in [3.05, 3.63) is 22.3 Å². The van der Waals surface area contributed by atoms with E-state index in [0.717, 1.165) is 12.8 Å². The van der Waals surface area contributed by atoms with Gasteiger partial charge in [0.1, 0.15) is 28.7 Å². The number of carboxylic acid groups (broad SMARTS) is 1. The number of carbonyl (C=O) groups is 1. The first-order valence-electron chi connectivity index (χ1n) is 6.34. The topological polar surface area (TPSA) is 79.6 Å². The van der Waals surface area contributed by atoms with Crippen LogP contribution in [0.25, 0.3) is 0 Å². The normalized spacial score (nSPS) is 16.4. The number of benzene rings is 1. The summed E-state index contributed by atoms with van der Waals surface area (Å²) in [5, 5.41) is 18.8. The number of carboxylic acids is 1. The summed E-state index contributed by atoms with van der Waals surface area (Å²) < 4.78 is 11.1. The van der Waals surface area contributed by atoms with Crippen molar-refractivity contribution in [2.24, 2.45) is 0 Å². The molecular formula is C14H13NO4. The highest BCUT2D eigenvalue weighted by atomic mass is 16.5. The lowest BCUT2D eigenvalue weighted by Gasteiger charge is -2.27. The molecule has 3 rings (SSSR count). The minimum absolute atomic E-state index is 0.184. The first-order valence-corrected chi connectivity index (χ1v) is 6.34. The van der Waals surface area contributed by atoms with Gasteiger partial charge in [0.15, 0.2) is 0 Å². The maximum atomic E-state index is 11.5. The van der Waals surface area contributed by atoms with E-state index in [4.69, 9.17) is 9.47 Å². The molecule has 0 unspecified atom stereocenters. The lowest BCUT2D eigenvalue weighted by molar-refractivity contribution is 0.0688. The van der Waals surface area contributed by atoms with E-state index in [9.17, 15) is 15.2 Å². The lowest BCUT2D eigenvalue weighted by Crippen LogP contribution is -2.21. The number of aromatic carboxylic acids is 1. The molecule has 0 radical (unpaired) electrons. The quantitative estimate of drug-likeness (QED) is 0.833. The summed E-state index contributed by atoms with van der Waals surface area (Å²) in [6.07, 6.45) is 2.83. The molecule has 0 fully saturated rings. The van der Waals surface area contributed by atoms with Gasteiger partial charge in [0, 0.05) is 11.1 Å². The summed E-state index contributed by atoms with van der Waals surface area (Å²) >= 11 is 0. The summed E-state index contributed by atoms with van der Waals surface area (Å²) in [5.41, 5.74) is 1.93. The van der Waals surface area contributed by atoms with Gasteiger partial charge in [-0.3, -0.25) is 0 Å². The molecule has 1 aromatic carbocycles. The largest absolute Gasteiger partial charge is 0.492 e. The number of ether oxygens (including phenoxy) is 2. The monoisotopic (exact) mass is 259 g/mol. The highest BCUT2D eigenvalue weighted by Crippen LogP contribution is 2.43. The average Bonchev–Trinajstić information content (AvgIpc) is 2.44. The number of nitrogens with zero attached hydrogens (tertiary/aromatic N) is 1. The van der Waals surface area contributed by atoms with E-state index < -0.39 is 5.97 Å². The predicted octanol–water partition coefficient (Wildman–Crippen LogP) is 1.91. The van der Waals surface area contributed by atoms with Crippen molar-refractivity contribution >= 4 is 5.97 Å². The van der Waals surface area contributed by atoms with E-state index in [2.05, 4.69) is 6.07 Å². The Bertz CT molecular complexity index is 563. The zero-order valence-electron chi connectivity index (χ0n) is 10.4. The van der Waals surface area contributed by atoms with E-state index in [1.807, 2.05) is 0 Å². The van der Waals surface area contributed by atoms with Crippen LogP contribution < -0.4 is 9.47 Å². The summed E-state index contributed by atoms with van der Waals surface area (Å²) in [6.45, 7) is 1.03. The number of rotatable bonds is 1. The molecule has 0 amide bonds. The molecule has 19 heavy (non-hydrogen) atoms. The van der Waals surface area contributed by atoms with Crippen LogP contribution in [0.1, 0.15) is 39.9 Å². The predicted molar refractivity (Wildman–Crippen MR) is 65.7 cm³/mol. The van der Waals surface area contributed by atoms with Crippen molar-refractivity contribution in [1.82, 2.24) is 0 Å². The summed E-state index contributed by atoms with van der Waals surface area (Å²) in [7, 11) is 0. The minimum Gasteiger partial charge on any atom is -0.492 e. The van der Waals surface area contributed by atoms with E-state index >= 15 is 0 Å². The van der Waals surface area contributed by atoms with Gasteiger partial charge in [0.05, 0.1) is 13.2 Å². The second-order valence-corrected chi connectivity index (χ2v) is 4.69. The third-order valence-corrected chi connectivity index (χ3v) is 3.57. The Kier molecular flexibility index (Phi) is 2.79. The van der Waals surface area contributed by atoms with Crippen LogP contribution in [0.2, 0.25) is 0 Å². The maximum Gasteiger partial charge on any atom is 0.339 e. The summed E-state index contributed by atoms with van der Waals surface area (Å²) in [4.78, 5) is 11.5. The lowest BCUT2D eigenvalue weighted by atomic mass is 9.89. The van der Waals surface area contributed by atoms with Gasteiger partial charge in [0.25, 0.3) is 0 Å². The van der Waals surface area contributed by atoms with Crippen molar-refractivity contribution in [2.45, 2.75) is 25.7 Å². The van der Waals surface area contributed by atoms with Gasteiger partial charge in [-0.1, -0.05) is 0 Å². The smallest absolute Gasteiger partial charge is 0.339 e. The van der Waals surface area contributed by atoms with Crippen molar-refractivity contribution in [3.8, 4) is 17.6 Å². The van der Waals surface area contributed by atoms with E-state index in [0.29, 0.717) is 54.2 Å². The van der Waals surface area contributed by atoms with Crippen molar-refractivity contribution in [2.75, 3.05) is 13.2 Å². The first kappa shape index (κ1) is 11.8. The molecule has 5 nitrogen and oxygen atoms in total. The second-order valence-electron chi connectivity index (χ2n) is 4.69. The average molecular weight is 259 g/mol. The number of fused-ring (bicyclic) bond motifs is 2. The molecule has 1 aromatic rings. The number of nitriles is 1. The molecule has 1 N–H and O–H groups in total. The molecule has 0 aliphatic carbocycles. The van der Waals surface area contributed by atoms with Crippen LogP contribution in [0.4, 0.5) is 0 Å². The van der Waals surface area contributed by atoms with Gasteiger partial charge in [-0.05, 0) is 25.7 Å². The third-order valence-electron chi connectivity index (χ3n) is 3.57. The van der Waals surface area contributed by atoms with Gasteiger partial charge in [0.2, 0.25) is 0 Å². The van der Waals surface area contributed by atoms with Crippen LogP contribution in [-0.4, -0.2) is 24.3 Å². The molecule has 0 bridgehead atoms. The molecule has 5 heteroatoms. The highest BCUT2D eigenvalue weighted by Gasteiger charge is 2.32. The van der Waals surface area contributed by atoms with Crippen LogP contribution in [0.5, 0.6) is 11.5 Å². The van der Waals surface area contributed by atoms with Crippen LogP contribution in [0.15, 0.2) is 0 Å². The first-order chi connectivity index (χ1) is 9.24. The summed E-state index contributed by atoms with van der Waals surface area (Å²) in [5.74, 6) is -0.181. The molecule has 0 atom stereocenters. The van der Waals surface area contributed by atoms with Crippen molar-refractivity contribution < 1.29 is 19.4 Å². The molecule has 2 aliphatic heterocycles. The Balaban J connectivity index is 2.36. The van der Waals surface area contributed by atoms with Gasteiger partial charge < -0.3 is 14.6 Å². The van der Waals surface area contributed by atoms with Crippen LogP contribution in [0.3, 0.4) is 0 Å². The molecule has 0 saturated heterocycles. The Morgan fingerprint density at radius 3 is 2.37 bits per heavy atom. The van der Waals surface area contributed by atoms with E-state index in [1.165, 1.54) is 0 Å². The van der Waals surface area contributed by atoms with Gasteiger partial charge in [-0.25, -0.2) is 4.79 Å². The van der Waals surface area contributed by atoms with Crippen LogP contribution in [0, 0.1) is 11.3 Å². The molecule has 98 valence electrons. The molecule has 0 spiro atoms. The minimum atomic E-state index is -1.01. The van der Waals surface area contributed by atoms with E-state index in [1.54, 1.807) is 0 Å². The summed E-state index contributed by atoms with van der Waals surface area (Å²) in [6, 6.07) is 2.15. The van der Waals surface area contributed by atoms with Crippen LogP contribution >= 0.6 is 0 Å². The fourth-order valence-corrected chi connectivity index (χ4v) is 2.79. The molecule has 2 heterocycles. The second kappa shape index (κ2) is 4.47. The van der Waals surface area contributed by atoms with Crippen LogP contribution in [-0.2, 0) is 12.8 Å². The molecular weight excluding hydrogens is 246 g/mol. The fourth-order valence-electron chi connectivity index (χ4n) is 2.79. The Labute approximate surface area is 110 Å². The maximum absolute atomic E-state index is 11.5. The third kappa shape index (κ3) is 1.72. The van der Waals surface area contributed by atoms with Gasteiger partial charge in [-0.15, -0.1) is 0 Å². The van der Waals surface area contributed by atoms with Crippen molar-refractivity contribution in [1.29, 1.82) is 5.26 Å². The fraction of sp³-hybridized carbons (Fsp3) is 0.429. The van der Waals surface area contributed by atoms with Crippen molar-refractivity contribution in [3.63, 3.8) is 0 Å². The zero-order valence-corrected chi connectivity index (χ0v) is 10.4. The van der Waals surface area contributed by atoms with Gasteiger partial charge >= 0.3 is 5.97 Å². The number of hydrogen-bond acceptors (Lipinski definition) is 4. The zero-order chi connectivity index (χ0) is 13.4. The number of hydrogen-bond donors (Lipinski definition) is 1.